The van der Waals surface area contributed by atoms with E-state index >= 15 is 0 Å². The third kappa shape index (κ3) is 7.31. The Morgan fingerprint density at radius 2 is 1.74 bits per heavy atom. The smallest absolute Gasteiger partial charge is 0.348 e. The van der Waals surface area contributed by atoms with Gasteiger partial charge in [0.1, 0.15) is 11.0 Å². The van der Waals surface area contributed by atoms with Crippen LogP contribution in [0.4, 0.5) is 5.69 Å². The number of aromatic carboxylic acids is 1. The number of carboxylic acid groups (broad SMARTS) is 1. The second-order valence-corrected chi connectivity index (χ2v) is 12.0. The van der Waals surface area contributed by atoms with Crippen molar-refractivity contribution in [1.29, 1.82) is 0 Å². The lowest BCUT2D eigenvalue weighted by atomic mass is 9.81. The quantitative estimate of drug-likeness (QED) is 0.426. The Labute approximate surface area is 212 Å². The van der Waals surface area contributed by atoms with Crippen LogP contribution in [0.5, 0.6) is 0 Å². The number of ether oxygens (including phenoxy) is 1. The molecule has 35 heavy (non-hydrogen) atoms. The minimum absolute atomic E-state index is 0.00920. The summed E-state index contributed by atoms with van der Waals surface area (Å²) in [5.41, 5.74) is 5.61. The molecule has 0 saturated heterocycles. The molecule has 0 spiro atoms. The molecule has 2 saturated carbocycles. The van der Waals surface area contributed by atoms with E-state index < -0.39 is 11.9 Å². The van der Waals surface area contributed by atoms with Crippen molar-refractivity contribution in [2.45, 2.75) is 91.2 Å². The molecule has 1 amide bonds. The first-order valence-corrected chi connectivity index (χ1v) is 13.4. The van der Waals surface area contributed by atoms with Gasteiger partial charge >= 0.3 is 11.9 Å². The molecule has 3 rings (SSSR count). The number of rotatable bonds is 6. The average Bonchev–Trinajstić information content (AvgIpc) is 3.23. The number of hydrogen-bond donors (Lipinski definition) is 2. The van der Waals surface area contributed by atoms with E-state index in [1.54, 1.807) is 11.0 Å². The predicted octanol–water partition coefficient (Wildman–Crippen LogP) is 4.82. The third-order valence-corrected chi connectivity index (χ3v) is 7.83. The Bertz CT molecular complexity index is 983. The van der Waals surface area contributed by atoms with Gasteiger partial charge in [0.05, 0.1) is 17.1 Å². The fourth-order valence-corrected chi connectivity index (χ4v) is 5.72. The largest absolute Gasteiger partial charge is 0.477 e. The number of esters is 1. The highest BCUT2D eigenvalue weighted by Gasteiger charge is 2.38. The van der Waals surface area contributed by atoms with Crippen molar-refractivity contribution in [3.05, 3.63) is 15.8 Å². The summed E-state index contributed by atoms with van der Waals surface area (Å²) in [5, 5.41) is 10.0. The molecule has 3 N–H and O–H groups in total. The number of hydrogen-bond acceptors (Lipinski definition) is 6. The van der Waals surface area contributed by atoms with Crippen molar-refractivity contribution in [1.82, 2.24) is 0 Å². The number of carbonyl (C=O) groups excluding carboxylic acids is 2. The van der Waals surface area contributed by atoms with Crippen LogP contribution in [0.3, 0.4) is 0 Å². The number of carboxylic acids is 1. The van der Waals surface area contributed by atoms with Crippen molar-refractivity contribution in [2.24, 2.45) is 23.0 Å². The lowest BCUT2D eigenvalue weighted by Crippen LogP contribution is -2.47. The fourth-order valence-electron chi connectivity index (χ4n) is 4.88. The zero-order valence-electron chi connectivity index (χ0n) is 21.3. The van der Waals surface area contributed by atoms with Crippen LogP contribution in [0.25, 0.3) is 0 Å². The van der Waals surface area contributed by atoms with E-state index in [9.17, 15) is 19.5 Å². The van der Waals surface area contributed by atoms with Crippen LogP contribution in [0.15, 0.2) is 6.07 Å². The van der Waals surface area contributed by atoms with E-state index in [0.29, 0.717) is 42.2 Å². The van der Waals surface area contributed by atoms with Crippen molar-refractivity contribution >= 4 is 34.9 Å². The monoisotopic (exact) mass is 502 g/mol. The highest BCUT2D eigenvalue weighted by Crippen LogP contribution is 2.39. The van der Waals surface area contributed by atoms with Crippen molar-refractivity contribution < 1.29 is 24.2 Å². The van der Waals surface area contributed by atoms with E-state index in [2.05, 4.69) is 18.8 Å². The van der Waals surface area contributed by atoms with Crippen LogP contribution < -0.4 is 10.6 Å². The van der Waals surface area contributed by atoms with Gasteiger partial charge in [-0.3, -0.25) is 9.59 Å². The first-order valence-electron chi connectivity index (χ1n) is 12.6. The van der Waals surface area contributed by atoms with E-state index in [1.807, 2.05) is 20.8 Å². The minimum Gasteiger partial charge on any atom is -0.477 e. The van der Waals surface area contributed by atoms with Crippen LogP contribution >= 0.6 is 11.3 Å². The zero-order valence-corrected chi connectivity index (χ0v) is 22.1. The highest BCUT2D eigenvalue weighted by molar-refractivity contribution is 7.15. The van der Waals surface area contributed by atoms with Gasteiger partial charge in [-0.05, 0) is 84.1 Å². The molecule has 0 aromatic carbocycles. The van der Waals surface area contributed by atoms with Gasteiger partial charge in [0, 0.05) is 17.4 Å². The lowest BCUT2D eigenvalue weighted by molar-refractivity contribution is -0.149. The Balaban J connectivity index is 1.93. The first-order chi connectivity index (χ1) is 16.5. The van der Waals surface area contributed by atoms with Crippen molar-refractivity contribution in [3.8, 4) is 11.8 Å². The average molecular weight is 503 g/mol. The van der Waals surface area contributed by atoms with Crippen LogP contribution in [-0.4, -0.2) is 41.6 Å². The van der Waals surface area contributed by atoms with Crippen molar-refractivity contribution in [3.63, 3.8) is 0 Å². The molecule has 192 valence electrons. The molecule has 0 radical (unpaired) electrons. The molecular formula is C27H38N2O5S. The second-order valence-electron chi connectivity index (χ2n) is 10.9. The normalized spacial score (nSPS) is 24.7. The third-order valence-electron chi connectivity index (χ3n) is 6.80. The first kappa shape index (κ1) is 27.2. The van der Waals surface area contributed by atoms with Crippen molar-refractivity contribution in [2.75, 3.05) is 11.4 Å². The van der Waals surface area contributed by atoms with Gasteiger partial charge in [0.25, 0.3) is 0 Å². The van der Waals surface area contributed by atoms with Crippen LogP contribution in [-0.2, 0) is 14.3 Å². The van der Waals surface area contributed by atoms with Crippen LogP contribution in [0.1, 0.15) is 93.6 Å². The Hall–Kier alpha value is -2.37. The standard InChI is InChI=1S/C27H38N2O5S/c1-17-5-7-18(8-6-17)25(31)29(19-9-11-20(12-10-19)34-23(30)16-28)22-15-21(13-14-27(2,3)4)35-24(22)26(32)33/h15,17-20H,5-12,16,28H2,1-4H3,(H,32,33)/t17-,18-,19-,20-. The Morgan fingerprint density at radius 1 is 1.11 bits per heavy atom. The molecule has 0 unspecified atom stereocenters. The maximum absolute atomic E-state index is 13.9. The molecule has 0 atom stereocenters. The van der Waals surface area contributed by atoms with E-state index in [0.717, 1.165) is 37.0 Å². The van der Waals surface area contributed by atoms with E-state index in [1.165, 1.54) is 0 Å². The van der Waals surface area contributed by atoms with Gasteiger partial charge in [0.15, 0.2) is 0 Å². The van der Waals surface area contributed by atoms with Gasteiger partial charge in [-0.2, -0.15) is 0 Å². The molecule has 7 nitrogen and oxygen atoms in total. The molecule has 1 aromatic rings. The lowest BCUT2D eigenvalue weighted by Gasteiger charge is -2.39. The number of nitrogens with zero attached hydrogens (tertiary/aromatic N) is 1. The van der Waals surface area contributed by atoms with Gasteiger partial charge < -0.3 is 20.5 Å². The summed E-state index contributed by atoms with van der Waals surface area (Å²) in [6, 6.07) is 1.63. The Morgan fingerprint density at radius 3 is 2.29 bits per heavy atom. The molecule has 1 aromatic heterocycles. The maximum atomic E-state index is 13.9. The predicted molar refractivity (Wildman–Crippen MR) is 137 cm³/mol. The number of amides is 1. The minimum atomic E-state index is -1.05. The number of carbonyl (C=O) groups is 3. The zero-order chi connectivity index (χ0) is 25.8. The van der Waals surface area contributed by atoms with Crippen LogP contribution in [0, 0.1) is 29.1 Å². The fraction of sp³-hybridized carbons (Fsp3) is 0.667. The maximum Gasteiger partial charge on any atom is 0.348 e. The van der Waals surface area contributed by atoms with Crippen LogP contribution in [0.2, 0.25) is 0 Å². The van der Waals surface area contributed by atoms with Gasteiger partial charge in [-0.15, -0.1) is 11.3 Å². The number of nitrogens with two attached hydrogens (primary N) is 1. The molecule has 0 bridgehead atoms. The molecule has 8 heteroatoms. The summed E-state index contributed by atoms with van der Waals surface area (Å²) in [4.78, 5) is 40.3. The summed E-state index contributed by atoms with van der Waals surface area (Å²) in [7, 11) is 0. The summed E-state index contributed by atoms with van der Waals surface area (Å²) in [6.45, 7) is 8.07. The molecule has 2 aliphatic rings. The molecule has 2 fully saturated rings. The van der Waals surface area contributed by atoms with Gasteiger partial charge in [-0.25, -0.2) is 4.79 Å². The van der Waals surface area contributed by atoms with Gasteiger partial charge in [0.2, 0.25) is 5.91 Å². The number of thiophene rings is 1. The molecule has 1 heterocycles. The molecule has 0 aliphatic heterocycles. The van der Waals surface area contributed by atoms with Gasteiger partial charge in [-0.1, -0.05) is 18.8 Å². The summed E-state index contributed by atoms with van der Waals surface area (Å²) >= 11 is 1.13. The number of anilines is 1. The van der Waals surface area contributed by atoms with E-state index in [4.69, 9.17) is 10.5 Å². The SMILES string of the molecule is CC(C)(C)C#Cc1cc(N(C(=O)[C@H]2CC[C@H](C)CC2)[C@H]2CC[C@H](OC(=O)CN)CC2)c(C(=O)O)s1. The topological polar surface area (TPSA) is 110 Å². The molecular weight excluding hydrogens is 464 g/mol. The Kier molecular flexibility index (Phi) is 9.00. The summed E-state index contributed by atoms with van der Waals surface area (Å²) in [6.07, 6.45) is 5.94. The second kappa shape index (κ2) is 11.6. The summed E-state index contributed by atoms with van der Waals surface area (Å²) in [5.74, 6) is 5.32. The molecule has 2 aliphatic carbocycles. The summed E-state index contributed by atoms with van der Waals surface area (Å²) < 4.78 is 5.42. The van der Waals surface area contributed by atoms with E-state index in [-0.39, 0.29) is 40.8 Å². The highest BCUT2D eigenvalue weighted by atomic mass is 32.1.